The average Bonchev–Trinajstić information content (AvgIpc) is 2.61. The molecule has 2 rings (SSSR count). The maximum Gasteiger partial charge on any atom is 0.281 e. The van der Waals surface area contributed by atoms with Gasteiger partial charge < -0.3 is 5.32 Å². The molecule has 0 radical (unpaired) electrons. The lowest BCUT2D eigenvalue weighted by atomic mass is 9.86. The largest absolute Gasteiger partial charge is 0.349 e. The van der Waals surface area contributed by atoms with E-state index in [1.807, 2.05) is 6.92 Å². The van der Waals surface area contributed by atoms with Crippen molar-refractivity contribution in [3.8, 4) is 0 Å². The highest BCUT2D eigenvalue weighted by molar-refractivity contribution is 7.86. The standard InChI is InChI=1S/C20H33N3O3S/c1-15(16-9-11-18(12-10-16)20(2,3)4)21-19(24)17-8-7-13-23(14-17)27(25,26)22(5)6/h9-12,15,17H,7-8,13-14H2,1-6H3,(H,21,24)/t15-,17+/m1/s1. The van der Waals surface area contributed by atoms with Crippen LogP contribution in [0.15, 0.2) is 24.3 Å². The van der Waals surface area contributed by atoms with E-state index >= 15 is 0 Å². The summed E-state index contributed by atoms with van der Waals surface area (Å²) in [5, 5.41) is 3.05. The van der Waals surface area contributed by atoms with Crippen LogP contribution >= 0.6 is 0 Å². The second-order valence-corrected chi connectivity index (χ2v) is 10.7. The van der Waals surface area contributed by atoms with Crippen LogP contribution in [0.2, 0.25) is 0 Å². The van der Waals surface area contributed by atoms with Gasteiger partial charge in [0, 0.05) is 27.2 Å². The van der Waals surface area contributed by atoms with Crippen molar-refractivity contribution in [3.05, 3.63) is 35.4 Å². The highest BCUT2D eigenvalue weighted by Gasteiger charge is 2.33. The molecule has 152 valence electrons. The molecule has 1 amide bonds. The first-order valence-electron chi connectivity index (χ1n) is 9.51. The number of carbonyl (C=O) groups is 1. The Labute approximate surface area is 164 Å². The van der Waals surface area contributed by atoms with Gasteiger partial charge in [0.15, 0.2) is 0 Å². The molecule has 1 aromatic rings. The minimum Gasteiger partial charge on any atom is -0.349 e. The molecule has 1 heterocycles. The highest BCUT2D eigenvalue weighted by atomic mass is 32.2. The summed E-state index contributed by atoms with van der Waals surface area (Å²) in [5.41, 5.74) is 2.39. The molecule has 1 saturated heterocycles. The number of rotatable bonds is 5. The fraction of sp³-hybridized carbons (Fsp3) is 0.650. The van der Waals surface area contributed by atoms with Crippen molar-refractivity contribution < 1.29 is 13.2 Å². The molecule has 0 saturated carbocycles. The van der Waals surface area contributed by atoms with E-state index in [-0.39, 0.29) is 29.8 Å². The molecule has 0 bridgehead atoms. The van der Waals surface area contributed by atoms with Gasteiger partial charge in [-0.3, -0.25) is 4.79 Å². The first kappa shape index (κ1) is 21.9. The van der Waals surface area contributed by atoms with E-state index in [0.29, 0.717) is 19.4 Å². The molecule has 0 aliphatic carbocycles. The van der Waals surface area contributed by atoms with Gasteiger partial charge in [-0.2, -0.15) is 17.0 Å². The molecule has 7 heteroatoms. The summed E-state index contributed by atoms with van der Waals surface area (Å²) in [5.74, 6) is -0.397. The van der Waals surface area contributed by atoms with Crippen molar-refractivity contribution in [2.75, 3.05) is 27.2 Å². The van der Waals surface area contributed by atoms with E-state index in [1.54, 1.807) is 0 Å². The van der Waals surface area contributed by atoms with Crippen molar-refractivity contribution in [2.24, 2.45) is 5.92 Å². The molecule has 6 nitrogen and oxygen atoms in total. The molecule has 1 aliphatic heterocycles. The molecular weight excluding hydrogens is 362 g/mol. The Morgan fingerprint density at radius 2 is 1.81 bits per heavy atom. The fourth-order valence-electron chi connectivity index (χ4n) is 3.28. The normalized spacial score (nSPS) is 20.5. The van der Waals surface area contributed by atoms with Crippen molar-refractivity contribution in [2.45, 2.75) is 52.0 Å². The Bertz CT molecular complexity index is 752. The predicted octanol–water partition coefficient (Wildman–Crippen LogP) is 2.68. The van der Waals surface area contributed by atoms with Crippen LogP contribution < -0.4 is 5.32 Å². The SMILES string of the molecule is C[C@@H](NC(=O)[C@H]1CCCN(S(=O)(=O)N(C)C)C1)c1ccc(C(C)(C)C)cc1. The van der Waals surface area contributed by atoms with Gasteiger partial charge in [0.1, 0.15) is 0 Å². The maximum absolute atomic E-state index is 12.7. The van der Waals surface area contributed by atoms with Crippen LogP contribution in [-0.2, 0) is 20.4 Å². The molecule has 0 spiro atoms. The number of hydrogen-bond acceptors (Lipinski definition) is 3. The van der Waals surface area contributed by atoms with Crippen LogP contribution in [0, 0.1) is 5.92 Å². The smallest absolute Gasteiger partial charge is 0.281 e. The molecule has 2 atom stereocenters. The Morgan fingerprint density at radius 3 is 2.33 bits per heavy atom. The van der Waals surface area contributed by atoms with E-state index in [9.17, 15) is 13.2 Å². The van der Waals surface area contributed by atoms with Crippen molar-refractivity contribution in [3.63, 3.8) is 0 Å². The minimum atomic E-state index is -3.48. The van der Waals surface area contributed by atoms with Crippen LogP contribution in [-0.4, -0.2) is 50.1 Å². The van der Waals surface area contributed by atoms with E-state index < -0.39 is 10.2 Å². The molecule has 27 heavy (non-hydrogen) atoms. The van der Waals surface area contributed by atoms with Gasteiger partial charge in [-0.25, -0.2) is 0 Å². The Morgan fingerprint density at radius 1 is 1.22 bits per heavy atom. The number of nitrogens with one attached hydrogen (secondary N) is 1. The van der Waals surface area contributed by atoms with Gasteiger partial charge in [0.2, 0.25) is 5.91 Å². The second kappa shape index (κ2) is 8.29. The van der Waals surface area contributed by atoms with Crippen LogP contribution in [0.4, 0.5) is 0 Å². The van der Waals surface area contributed by atoms with E-state index in [2.05, 4.69) is 50.4 Å². The first-order chi connectivity index (χ1) is 12.4. The van der Waals surface area contributed by atoms with Crippen molar-refractivity contribution in [1.29, 1.82) is 0 Å². The van der Waals surface area contributed by atoms with Crippen LogP contribution in [0.1, 0.15) is 57.7 Å². The zero-order chi connectivity index (χ0) is 20.4. The first-order valence-corrected chi connectivity index (χ1v) is 10.9. The topological polar surface area (TPSA) is 69.7 Å². The van der Waals surface area contributed by atoms with Gasteiger partial charge in [-0.15, -0.1) is 0 Å². The molecule has 1 fully saturated rings. The number of benzene rings is 1. The molecule has 1 aliphatic rings. The molecule has 0 unspecified atom stereocenters. The summed E-state index contributed by atoms with van der Waals surface area (Å²) < 4.78 is 27.3. The van der Waals surface area contributed by atoms with E-state index in [0.717, 1.165) is 5.56 Å². The number of amides is 1. The lowest BCUT2D eigenvalue weighted by molar-refractivity contribution is -0.126. The Hall–Kier alpha value is -1.44. The number of piperidine rings is 1. The Balaban J connectivity index is 2.01. The third-order valence-electron chi connectivity index (χ3n) is 5.18. The fourth-order valence-corrected chi connectivity index (χ4v) is 4.47. The summed E-state index contributed by atoms with van der Waals surface area (Å²) >= 11 is 0. The summed E-state index contributed by atoms with van der Waals surface area (Å²) in [6.07, 6.45) is 1.40. The maximum atomic E-state index is 12.7. The van der Waals surface area contributed by atoms with Crippen LogP contribution in [0.5, 0.6) is 0 Å². The predicted molar refractivity (Wildman–Crippen MR) is 109 cm³/mol. The van der Waals surface area contributed by atoms with Crippen molar-refractivity contribution in [1.82, 2.24) is 13.9 Å². The molecule has 1 N–H and O–H groups in total. The zero-order valence-corrected chi connectivity index (χ0v) is 18.1. The van der Waals surface area contributed by atoms with Gasteiger partial charge >= 0.3 is 0 Å². The zero-order valence-electron chi connectivity index (χ0n) is 17.3. The van der Waals surface area contributed by atoms with Gasteiger partial charge in [0.25, 0.3) is 10.2 Å². The monoisotopic (exact) mass is 395 g/mol. The average molecular weight is 396 g/mol. The lowest BCUT2D eigenvalue weighted by Crippen LogP contribution is -2.49. The van der Waals surface area contributed by atoms with Crippen LogP contribution in [0.3, 0.4) is 0 Å². The highest BCUT2D eigenvalue weighted by Crippen LogP contribution is 2.25. The van der Waals surface area contributed by atoms with E-state index in [1.165, 1.54) is 28.3 Å². The van der Waals surface area contributed by atoms with Gasteiger partial charge in [0.05, 0.1) is 12.0 Å². The van der Waals surface area contributed by atoms with Crippen molar-refractivity contribution >= 4 is 16.1 Å². The third kappa shape index (κ3) is 5.30. The third-order valence-corrected chi connectivity index (χ3v) is 7.09. The Kier molecular flexibility index (Phi) is 6.71. The number of nitrogens with zero attached hydrogens (tertiary/aromatic N) is 2. The number of carbonyl (C=O) groups excluding carboxylic acids is 1. The summed E-state index contributed by atoms with van der Waals surface area (Å²) in [6.45, 7) is 9.18. The summed E-state index contributed by atoms with van der Waals surface area (Å²) in [6, 6.07) is 8.19. The van der Waals surface area contributed by atoms with Crippen LogP contribution in [0.25, 0.3) is 0 Å². The minimum absolute atomic E-state index is 0.0824. The summed E-state index contributed by atoms with van der Waals surface area (Å²) in [4.78, 5) is 12.7. The molecular formula is C20H33N3O3S. The second-order valence-electron chi connectivity index (χ2n) is 8.59. The molecule has 1 aromatic carbocycles. The molecule has 0 aromatic heterocycles. The van der Waals surface area contributed by atoms with Gasteiger partial charge in [-0.05, 0) is 36.3 Å². The van der Waals surface area contributed by atoms with Gasteiger partial charge in [-0.1, -0.05) is 45.0 Å². The lowest BCUT2D eigenvalue weighted by Gasteiger charge is -2.33. The van der Waals surface area contributed by atoms with E-state index in [4.69, 9.17) is 0 Å². The summed E-state index contributed by atoms with van der Waals surface area (Å²) in [7, 11) is -0.447. The quantitative estimate of drug-likeness (QED) is 0.833. The number of hydrogen-bond donors (Lipinski definition) is 1.